The zero-order valence-corrected chi connectivity index (χ0v) is 12.9. The van der Waals surface area contributed by atoms with E-state index >= 15 is 0 Å². The molecule has 5 nitrogen and oxygen atoms in total. The van der Waals surface area contributed by atoms with Crippen molar-refractivity contribution in [3.8, 4) is 0 Å². The van der Waals surface area contributed by atoms with E-state index in [1.807, 2.05) is 6.92 Å². The van der Waals surface area contributed by atoms with Gasteiger partial charge in [0, 0.05) is 6.26 Å². The van der Waals surface area contributed by atoms with E-state index in [1.165, 1.54) is 18.2 Å². The van der Waals surface area contributed by atoms with Crippen LogP contribution in [0.1, 0.15) is 13.3 Å². The van der Waals surface area contributed by atoms with Crippen molar-refractivity contribution >= 4 is 33.0 Å². The molecule has 0 radical (unpaired) electrons. The summed E-state index contributed by atoms with van der Waals surface area (Å²) in [6.07, 6.45) is 2.05. The van der Waals surface area contributed by atoms with Gasteiger partial charge in [0.1, 0.15) is 0 Å². The molecule has 0 bridgehead atoms. The average Bonchev–Trinajstić information content (AvgIpc) is 2.77. The topological polar surface area (TPSA) is 75.3 Å². The smallest absolute Gasteiger partial charge is 0.241 e. The van der Waals surface area contributed by atoms with Gasteiger partial charge >= 0.3 is 0 Å². The van der Waals surface area contributed by atoms with Crippen LogP contribution in [0.15, 0.2) is 23.1 Å². The lowest BCUT2D eigenvalue weighted by Crippen LogP contribution is -2.39. The first-order chi connectivity index (χ1) is 9.29. The second kappa shape index (κ2) is 5.71. The quantitative estimate of drug-likeness (QED) is 0.889. The Morgan fingerprint density at radius 2 is 2.15 bits per heavy atom. The van der Waals surface area contributed by atoms with Crippen molar-refractivity contribution in [1.29, 1.82) is 0 Å². The summed E-state index contributed by atoms with van der Waals surface area (Å²) >= 11 is 6.00. The Morgan fingerprint density at radius 1 is 1.45 bits per heavy atom. The molecule has 1 amide bonds. The number of nitrogens with one attached hydrogen (secondary N) is 2. The van der Waals surface area contributed by atoms with Gasteiger partial charge < -0.3 is 10.6 Å². The van der Waals surface area contributed by atoms with Crippen LogP contribution in [-0.4, -0.2) is 33.2 Å². The Labute approximate surface area is 123 Å². The van der Waals surface area contributed by atoms with Gasteiger partial charge in [0.15, 0.2) is 9.84 Å². The molecule has 1 aliphatic rings. The lowest BCUT2D eigenvalue weighted by molar-refractivity contribution is -0.118. The Bertz CT molecular complexity index is 631. The number of amides is 1. The summed E-state index contributed by atoms with van der Waals surface area (Å²) in [7, 11) is -3.33. The number of halogens is 1. The third-order valence-corrected chi connectivity index (χ3v) is 4.88. The first-order valence-electron chi connectivity index (χ1n) is 6.33. The predicted molar refractivity (Wildman–Crippen MR) is 78.8 cm³/mol. The van der Waals surface area contributed by atoms with E-state index in [9.17, 15) is 13.2 Å². The summed E-state index contributed by atoms with van der Waals surface area (Å²) in [6.45, 7) is 2.80. The molecule has 1 aliphatic heterocycles. The SMILES string of the molecule is CC1CCNC1C(=O)Nc1cc(S(C)(=O)=O)ccc1Cl. The molecule has 2 N–H and O–H groups in total. The van der Waals surface area contributed by atoms with E-state index in [4.69, 9.17) is 11.6 Å². The van der Waals surface area contributed by atoms with Crippen molar-refractivity contribution in [3.63, 3.8) is 0 Å². The van der Waals surface area contributed by atoms with Gasteiger partial charge in [-0.2, -0.15) is 0 Å². The van der Waals surface area contributed by atoms with E-state index in [0.29, 0.717) is 10.7 Å². The molecule has 1 saturated heterocycles. The van der Waals surface area contributed by atoms with Gasteiger partial charge in [-0.3, -0.25) is 4.79 Å². The fourth-order valence-corrected chi connectivity index (χ4v) is 3.04. The van der Waals surface area contributed by atoms with Crippen LogP contribution in [-0.2, 0) is 14.6 Å². The number of carbonyl (C=O) groups is 1. The van der Waals surface area contributed by atoms with E-state index in [2.05, 4.69) is 10.6 Å². The van der Waals surface area contributed by atoms with Gasteiger partial charge in [0.05, 0.1) is 21.6 Å². The Kier molecular flexibility index (Phi) is 4.36. The van der Waals surface area contributed by atoms with Crippen LogP contribution in [0.2, 0.25) is 5.02 Å². The molecule has 2 unspecified atom stereocenters. The second-order valence-electron chi connectivity index (χ2n) is 5.10. The maximum absolute atomic E-state index is 12.2. The minimum atomic E-state index is -3.33. The maximum Gasteiger partial charge on any atom is 0.241 e. The summed E-state index contributed by atoms with van der Waals surface area (Å²) in [6, 6.07) is 4.01. The van der Waals surface area contributed by atoms with Crippen LogP contribution in [0.3, 0.4) is 0 Å². The molecule has 0 aromatic heterocycles. The Balaban J connectivity index is 2.22. The molecule has 1 aromatic rings. The lowest BCUT2D eigenvalue weighted by Gasteiger charge is -2.16. The van der Waals surface area contributed by atoms with Crippen molar-refractivity contribution in [2.75, 3.05) is 18.1 Å². The summed E-state index contributed by atoms with van der Waals surface area (Å²) < 4.78 is 23.0. The van der Waals surface area contributed by atoms with Crippen molar-refractivity contribution in [3.05, 3.63) is 23.2 Å². The van der Waals surface area contributed by atoms with Crippen LogP contribution in [0, 0.1) is 5.92 Å². The summed E-state index contributed by atoms with van der Waals surface area (Å²) in [5.41, 5.74) is 0.320. The van der Waals surface area contributed by atoms with Gasteiger partial charge in [0.2, 0.25) is 5.91 Å². The molecular weight excluding hydrogens is 300 g/mol. The lowest BCUT2D eigenvalue weighted by atomic mass is 10.0. The fourth-order valence-electron chi connectivity index (χ4n) is 2.23. The first-order valence-corrected chi connectivity index (χ1v) is 8.60. The summed E-state index contributed by atoms with van der Waals surface area (Å²) in [4.78, 5) is 12.3. The zero-order chi connectivity index (χ0) is 14.9. The normalized spacial score (nSPS) is 22.8. The van der Waals surface area contributed by atoms with Crippen LogP contribution in [0.5, 0.6) is 0 Å². The van der Waals surface area contributed by atoms with Crippen molar-refractivity contribution in [2.24, 2.45) is 5.92 Å². The Morgan fingerprint density at radius 3 is 2.70 bits per heavy atom. The molecule has 2 atom stereocenters. The minimum absolute atomic E-state index is 0.129. The molecule has 0 spiro atoms. The molecule has 110 valence electrons. The number of carbonyl (C=O) groups excluding carboxylic acids is 1. The molecule has 1 heterocycles. The highest BCUT2D eigenvalue weighted by Gasteiger charge is 2.29. The third kappa shape index (κ3) is 3.31. The highest BCUT2D eigenvalue weighted by Crippen LogP contribution is 2.26. The van der Waals surface area contributed by atoms with Crippen LogP contribution >= 0.6 is 11.6 Å². The van der Waals surface area contributed by atoms with Gasteiger partial charge in [0.25, 0.3) is 0 Å². The molecule has 1 aromatic carbocycles. The first kappa shape index (κ1) is 15.3. The third-order valence-electron chi connectivity index (χ3n) is 3.44. The zero-order valence-electron chi connectivity index (χ0n) is 11.3. The molecule has 1 fully saturated rings. The highest BCUT2D eigenvalue weighted by atomic mass is 35.5. The highest BCUT2D eigenvalue weighted by molar-refractivity contribution is 7.90. The van der Waals surface area contributed by atoms with Crippen molar-refractivity contribution in [1.82, 2.24) is 5.32 Å². The summed E-state index contributed by atoms with van der Waals surface area (Å²) in [5.74, 6) is 0.0504. The van der Waals surface area contributed by atoms with E-state index in [-0.39, 0.29) is 22.8 Å². The van der Waals surface area contributed by atoms with Gasteiger partial charge in [-0.25, -0.2) is 8.42 Å². The van der Waals surface area contributed by atoms with Gasteiger partial charge in [-0.05, 0) is 37.1 Å². The van der Waals surface area contributed by atoms with Crippen LogP contribution < -0.4 is 10.6 Å². The predicted octanol–water partition coefficient (Wildman–Crippen LogP) is 1.68. The summed E-state index contributed by atoms with van der Waals surface area (Å²) in [5, 5.41) is 6.13. The van der Waals surface area contributed by atoms with Crippen LogP contribution in [0.25, 0.3) is 0 Å². The maximum atomic E-state index is 12.2. The standard InChI is InChI=1S/C13H17ClN2O3S/c1-8-5-6-15-12(8)13(17)16-11-7-9(20(2,18)19)3-4-10(11)14/h3-4,7-8,12,15H,5-6H2,1-2H3,(H,16,17). The molecule has 2 rings (SSSR count). The number of rotatable bonds is 3. The number of anilines is 1. The van der Waals surface area contributed by atoms with Crippen molar-refractivity contribution in [2.45, 2.75) is 24.3 Å². The number of benzene rings is 1. The number of hydrogen-bond donors (Lipinski definition) is 2. The molecule has 0 saturated carbocycles. The van der Waals surface area contributed by atoms with Gasteiger partial charge in [-0.1, -0.05) is 18.5 Å². The average molecular weight is 317 g/mol. The molecule has 20 heavy (non-hydrogen) atoms. The molecular formula is C13H17ClN2O3S. The van der Waals surface area contributed by atoms with E-state index < -0.39 is 9.84 Å². The van der Waals surface area contributed by atoms with E-state index in [0.717, 1.165) is 19.2 Å². The fraction of sp³-hybridized carbons (Fsp3) is 0.462. The largest absolute Gasteiger partial charge is 0.323 e. The van der Waals surface area contributed by atoms with Crippen LogP contribution in [0.4, 0.5) is 5.69 Å². The van der Waals surface area contributed by atoms with Gasteiger partial charge in [-0.15, -0.1) is 0 Å². The monoisotopic (exact) mass is 316 g/mol. The number of sulfone groups is 1. The molecule has 7 heteroatoms. The Hall–Kier alpha value is -1.11. The minimum Gasteiger partial charge on any atom is -0.323 e. The second-order valence-corrected chi connectivity index (χ2v) is 7.52. The van der Waals surface area contributed by atoms with Crippen molar-refractivity contribution < 1.29 is 13.2 Å². The van der Waals surface area contributed by atoms with E-state index in [1.54, 1.807) is 0 Å². The number of hydrogen-bond acceptors (Lipinski definition) is 4. The molecule has 0 aliphatic carbocycles.